The SMILES string of the molecule is O=C(Cc1cc(C(=O)NCc2ccccc2)ccn1)CC1CC1. The summed E-state index contributed by atoms with van der Waals surface area (Å²) in [6.07, 6.45) is 4.89. The molecule has 1 amide bonds. The van der Waals surface area contributed by atoms with Gasteiger partial charge in [0.1, 0.15) is 5.78 Å². The van der Waals surface area contributed by atoms with Gasteiger partial charge >= 0.3 is 0 Å². The number of hydrogen-bond donors (Lipinski definition) is 1. The van der Waals surface area contributed by atoms with E-state index in [9.17, 15) is 9.59 Å². The third-order valence-electron chi connectivity index (χ3n) is 3.97. The minimum Gasteiger partial charge on any atom is -0.348 e. The van der Waals surface area contributed by atoms with Gasteiger partial charge in [0, 0.05) is 36.8 Å². The monoisotopic (exact) mass is 308 g/mol. The maximum Gasteiger partial charge on any atom is 0.251 e. The molecule has 4 nitrogen and oxygen atoms in total. The molecule has 1 saturated carbocycles. The van der Waals surface area contributed by atoms with E-state index in [1.807, 2.05) is 30.3 Å². The lowest BCUT2D eigenvalue weighted by Gasteiger charge is -2.07. The molecule has 4 heteroatoms. The van der Waals surface area contributed by atoms with Gasteiger partial charge in [0.2, 0.25) is 0 Å². The number of hydrogen-bond acceptors (Lipinski definition) is 3. The summed E-state index contributed by atoms with van der Waals surface area (Å²) in [6, 6.07) is 13.2. The van der Waals surface area contributed by atoms with Gasteiger partial charge in [-0.3, -0.25) is 14.6 Å². The second-order valence-corrected chi connectivity index (χ2v) is 6.07. The van der Waals surface area contributed by atoms with Crippen molar-refractivity contribution in [2.24, 2.45) is 5.92 Å². The van der Waals surface area contributed by atoms with Gasteiger partial charge < -0.3 is 5.32 Å². The molecule has 0 atom stereocenters. The summed E-state index contributed by atoms with van der Waals surface area (Å²) in [5.41, 5.74) is 2.27. The molecule has 118 valence electrons. The van der Waals surface area contributed by atoms with Crippen LogP contribution < -0.4 is 5.32 Å². The molecular formula is C19H20N2O2. The molecule has 0 unspecified atom stereocenters. The van der Waals surface area contributed by atoms with Crippen molar-refractivity contribution in [3.05, 3.63) is 65.5 Å². The standard InChI is InChI=1S/C19H20N2O2/c22-18(10-14-6-7-14)12-17-11-16(8-9-20-17)19(23)21-13-15-4-2-1-3-5-15/h1-5,8-9,11,14H,6-7,10,12-13H2,(H,21,23). The highest BCUT2D eigenvalue weighted by Gasteiger charge is 2.24. The Labute approximate surface area is 135 Å². The number of carbonyl (C=O) groups excluding carboxylic acids is 2. The largest absolute Gasteiger partial charge is 0.348 e. The number of ketones is 1. The number of nitrogens with zero attached hydrogens (tertiary/aromatic N) is 1. The van der Waals surface area contributed by atoms with E-state index >= 15 is 0 Å². The summed E-state index contributed by atoms with van der Waals surface area (Å²) in [6.45, 7) is 0.484. The van der Waals surface area contributed by atoms with Crippen molar-refractivity contribution in [3.8, 4) is 0 Å². The predicted octanol–water partition coefficient (Wildman–Crippen LogP) is 2.92. The van der Waals surface area contributed by atoms with Gasteiger partial charge in [-0.2, -0.15) is 0 Å². The van der Waals surface area contributed by atoms with Gasteiger partial charge in [0.25, 0.3) is 5.91 Å². The van der Waals surface area contributed by atoms with E-state index in [0.717, 1.165) is 5.56 Å². The maximum absolute atomic E-state index is 12.2. The fraction of sp³-hybridized carbons (Fsp3) is 0.316. The Morgan fingerprint density at radius 3 is 2.65 bits per heavy atom. The van der Waals surface area contributed by atoms with Gasteiger partial charge in [-0.05, 0) is 36.5 Å². The molecule has 0 bridgehead atoms. The summed E-state index contributed by atoms with van der Waals surface area (Å²) < 4.78 is 0. The van der Waals surface area contributed by atoms with Crippen LogP contribution in [0.4, 0.5) is 0 Å². The minimum absolute atomic E-state index is 0.146. The molecule has 2 aromatic rings. The first-order chi connectivity index (χ1) is 11.2. The normalized spacial score (nSPS) is 13.6. The van der Waals surface area contributed by atoms with E-state index in [1.165, 1.54) is 12.8 Å². The minimum atomic E-state index is -0.146. The third kappa shape index (κ3) is 4.74. The van der Waals surface area contributed by atoms with Crippen molar-refractivity contribution in [1.82, 2.24) is 10.3 Å². The first-order valence-electron chi connectivity index (χ1n) is 7.99. The van der Waals surface area contributed by atoms with Crippen molar-refractivity contribution in [2.75, 3.05) is 0 Å². The second kappa shape index (κ2) is 7.18. The van der Waals surface area contributed by atoms with Crippen molar-refractivity contribution in [1.29, 1.82) is 0 Å². The first-order valence-corrected chi connectivity index (χ1v) is 7.99. The van der Waals surface area contributed by atoms with Crippen LogP contribution in [0.25, 0.3) is 0 Å². The van der Waals surface area contributed by atoms with Crippen molar-refractivity contribution in [2.45, 2.75) is 32.2 Å². The fourth-order valence-corrected chi connectivity index (χ4v) is 2.51. The van der Waals surface area contributed by atoms with Crippen LogP contribution in [0.2, 0.25) is 0 Å². The van der Waals surface area contributed by atoms with Crippen LogP contribution in [-0.4, -0.2) is 16.7 Å². The van der Waals surface area contributed by atoms with Crippen molar-refractivity contribution < 1.29 is 9.59 Å². The van der Waals surface area contributed by atoms with Crippen LogP contribution in [0.15, 0.2) is 48.7 Å². The highest BCUT2D eigenvalue weighted by Crippen LogP contribution is 2.32. The van der Waals surface area contributed by atoms with E-state index in [2.05, 4.69) is 10.3 Å². The number of Topliss-reactive ketones (excluding diaryl/α,β-unsaturated/α-hetero) is 1. The molecule has 1 aliphatic rings. The summed E-state index contributed by atoms with van der Waals surface area (Å²) in [5.74, 6) is 0.647. The van der Waals surface area contributed by atoms with Crippen molar-refractivity contribution >= 4 is 11.7 Å². The average Bonchev–Trinajstić information content (AvgIpc) is 3.37. The molecule has 1 aromatic carbocycles. The molecule has 0 saturated heterocycles. The van der Waals surface area contributed by atoms with Gasteiger partial charge in [0.15, 0.2) is 0 Å². The number of nitrogens with one attached hydrogen (secondary N) is 1. The summed E-state index contributed by atoms with van der Waals surface area (Å²) in [4.78, 5) is 28.3. The molecule has 1 aromatic heterocycles. The lowest BCUT2D eigenvalue weighted by atomic mass is 10.1. The van der Waals surface area contributed by atoms with E-state index in [1.54, 1.807) is 18.3 Å². The number of aromatic nitrogens is 1. The van der Waals surface area contributed by atoms with Crippen molar-refractivity contribution in [3.63, 3.8) is 0 Å². The molecule has 1 N–H and O–H groups in total. The molecule has 0 aliphatic heterocycles. The lowest BCUT2D eigenvalue weighted by molar-refractivity contribution is -0.118. The highest BCUT2D eigenvalue weighted by atomic mass is 16.1. The Balaban J connectivity index is 1.57. The van der Waals surface area contributed by atoms with Crippen LogP contribution in [0.5, 0.6) is 0 Å². The zero-order valence-electron chi connectivity index (χ0n) is 13.0. The van der Waals surface area contributed by atoms with Gasteiger partial charge in [-0.15, -0.1) is 0 Å². The molecular weight excluding hydrogens is 288 g/mol. The summed E-state index contributed by atoms with van der Waals surface area (Å²) >= 11 is 0. The predicted molar refractivity (Wildman–Crippen MR) is 87.9 cm³/mol. The van der Waals surface area contributed by atoms with Gasteiger partial charge in [-0.1, -0.05) is 30.3 Å². The van der Waals surface area contributed by atoms with E-state index < -0.39 is 0 Å². The Kier molecular flexibility index (Phi) is 4.81. The molecule has 1 fully saturated rings. The second-order valence-electron chi connectivity index (χ2n) is 6.07. The maximum atomic E-state index is 12.2. The molecule has 23 heavy (non-hydrogen) atoms. The Morgan fingerprint density at radius 2 is 1.91 bits per heavy atom. The summed E-state index contributed by atoms with van der Waals surface area (Å²) in [7, 11) is 0. The molecule has 0 spiro atoms. The quantitative estimate of drug-likeness (QED) is 0.855. The Bertz CT molecular complexity index is 694. The Morgan fingerprint density at radius 1 is 1.13 bits per heavy atom. The number of pyridine rings is 1. The smallest absolute Gasteiger partial charge is 0.251 e. The van der Waals surface area contributed by atoms with E-state index in [4.69, 9.17) is 0 Å². The third-order valence-corrected chi connectivity index (χ3v) is 3.97. The molecule has 0 radical (unpaired) electrons. The van der Waals surface area contributed by atoms with Crippen LogP contribution in [0.3, 0.4) is 0 Å². The molecule has 1 heterocycles. The van der Waals surface area contributed by atoms with Gasteiger partial charge in [0.05, 0.1) is 0 Å². The zero-order chi connectivity index (χ0) is 16.1. The number of amides is 1. The summed E-state index contributed by atoms with van der Waals surface area (Å²) in [5, 5.41) is 2.89. The van der Waals surface area contributed by atoms with Gasteiger partial charge in [-0.25, -0.2) is 0 Å². The topological polar surface area (TPSA) is 59.1 Å². The van der Waals surface area contributed by atoms with E-state index in [0.29, 0.717) is 36.6 Å². The van der Waals surface area contributed by atoms with E-state index in [-0.39, 0.29) is 11.7 Å². The fourth-order valence-electron chi connectivity index (χ4n) is 2.51. The number of benzene rings is 1. The van der Waals surface area contributed by atoms with Crippen LogP contribution >= 0.6 is 0 Å². The molecule has 1 aliphatic carbocycles. The average molecular weight is 308 g/mol. The first kappa shape index (κ1) is 15.4. The van der Waals surface area contributed by atoms with Crippen LogP contribution in [0, 0.1) is 5.92 Å². The number of carbonyl (C=O) groups is 2. The van der Waals surface area contributed by atoms with Crippen LogP contribution in [-0.2, 0) is 17.8 Å². The Hall–Kier alpha value is -2.49. The highest BCUT2D eigenvalue weighted by molar-refractivity contribution is 5.94. The molecule has 3 rings (SSSR count). The lowest BCUT2D eigenvalue weighted by Crippen LogP contribution is -2.23. The zero-order valence-corrected chi connectivity index (χ0v) is 13.0. The number of rotatable bonds is 7. The van der Waals surface area contributed by atoms with Crippen LogP contribution in [0.1, 0.15) is 40.9 Å².